The van der Waals surface area contributed by atoms with Gasteiger partial charge >= 0.3 is 5.69 Å². The largest absolute Gasteiger partial charge is 0.368 e. The number of nitrogens with two attached hydrogens (primary N) is 1. The van der Waals surface area contributed by atoms with Gasteiger partial charge in [-0.15, -0.1) is 0 Å². The fraction of sp³-hybridized carbons (Fsp3) is 0.636. The number of likely N-dealkylation sites (N-methyl/N-ethyl adjacent to an activating group) is 1. The van der Waals surface area contributed by atoms with Crippen molar-refractivity contribution >= 4 is 17.5 Å². The van der Waals surface area contributed by atoms with Crippen LogP contribution in [-0.2, 0) is 0 Å². The molecule has 8 nitrogen and oxygen atoms in total. The van der Waals surface area contributed by atoms with Crippen molar-refractivity contribution in [3.05, 3.63) is 16.3 Å². The number of hydrogen-bond donors (Lipinski definition) is 1. The van der Waals surface area contributed by atoms with E-state index in [9.17, 15) is 10.1 Å². The Kier molecular flexibility index (Phi) is 3.52. The standard InChI is InChI=1S/C11H18N6O2/c1-7-5-16(6-8(2)15(7)3)10-9(17(18)19)4-13-11(12)14-10/h4,7-8H,5-6H2,1-3H3,(H2,12,13,14). The van der Waals surface area contributed by atoms with Gasteiger partial charge in [0.25, 0.3) is 0 Å². The molecule has 2 heterocycles. The summed E-state index contributed by atoms with van der Waals surface area (Å²) in [7, 11) is 2.05. The van der Waals surface area contributed by atoms with Crippen molar-refractivity contribution in [3.63, 3.8) is 0 Å². The van der Waals surface area contributed by atoms with Gasteiger partial charge in [-0.25, -0.2) is 4.98 Å². The molecule has 1 saturated heterocycles. The van der Waals surface area contributed by atoms with E-state index in [0.717, 1.165) is 0 Å². The summed E-state index contributed by atoms with van der Waals surface area (Å²) in [6, 6.07) is 0.582. The molecule has 8 heteroatoms. The molecule has 0 aliphatic carbocycles. The summed E-state index contributed by atoms with van der Waals surface area (Å²) in [5, 5.41) is 11.1. The molecule has 0 amide bonds. The van der Waals surface area contributed by atoms with Gasteiger partial charge in [-0.2, -0.15) is 4.98 Å². The molecule has 1 aliphatic heterocycles. The number of piperazine rings is 1. The van der Waals surface area contributed by atoms with E-state index in [1.807, 2.05) is 4.90 Å². The highest BCUT2D eigenvalue weighted by molar-refractivity contribution is 5.58. The van der Waals surface area contributed by atoms with E-state index in [1.54, 1.807) is 0 Å². The Balaban J connectivity index is 2.36. The van der Waals surface area contributed by atoms with Crippen molar-refractivity contribution in [2.75, 3.05) is 30.8 Å². The van der Waals surface area contributed by atoms with E-state index in [-0.39, 0.29) is 11.6 Å². The van der Waals surface area contributed by atoms with E-state index >= 15 is 0 Å². The van der Waals surface area contributed by atoms with Crippen LogP contribution in [0, 0.1) is 10.1 Å². The number of hydrogen-bond acceptors (Lipinski definition) is 7. The average Bonchev–Trinajstić information content (AvgIpc) is 2.34. The molecule has 0 bridgehead atoms. The summed E-state index contributed by atoms with van der Waals surface area (Å²) < 4.78 is 0. The lowest BCUT2D eigenvalue weighted by atomic mass is 10.1. The van der Waals surface area contributed by atoms with Crippen molar-refractivity contribution in [1.29, 1.82) is 0 Å². The quantitative estimate of drug-likeness (QED) is 0.614. The molecule has 0 saturated carbocycles. The monoisotopic (exact) mass is 266 g/mol. The zero-order valence-electron chi connectivity index (χ0n) is 11.3. The zero-order valence-corrected chi connectivity index (χ0v) is 11.3. The summed E-state index contributed by atoms with van der Waals surface area (Å²) in [5.74, 6) is 0.365. The second kappa shape index (κ2) is 4.96. The third kappa shape index (κ3) is 2.58. The first-order valence-electron chi connectivity index (χ1n) is 6.14. The number of nitrogens with zero attached hydrogens (tertiary/aromatic N) is 5. The van der Waals surface area contributed by atoms with Gasteiger partial charge in [0.1, 0.15) is 6.20 Å². The summed E-state index contributed by atoms with van der Waals surface area (Å²) in [6.45, 7) is 5.52. The number of nitro groups is 1. The lowest BCUT2D eigenvalue weighted by molar-refractivity contribution is -0.384. The van der Waals surface area contributed by atoms with Gasteiger partial charge in [-0.1, -0.05) is 0 Å². The Labute approximate surface area is 111 Å². The van der Waals surface area contributed by atoms with Crippen LogP contribution in [0.1, 0.15) is 13.8 Å². The number of anilines is 2. The number of aromatic nitrogens is 2. The molecule has 104 valence electrons. The molecule has 1 aliphatic rings. The number of nitrogen functional groups attached to an aromatic ring is 1. The normalized spacial score (nSPS) is 24.5. The second-order valence-corrected chi connectivity index (χ2v) is 4.96. The Morgan fingerprint density at radius 1 is 1.42 bits per heavy atom. The average molecular weight is 266 g/mol. The van der Waals surface area contributed by atoms with Gasteiger partial charge in [0.2, 0.25) is 11.8 Å². The van der Waals surface area contributed by atoms with Crippen LogP contribution in [0.4, 0.5) is 17.5 Å². The SMILES string of the molecule is CC1CN(c2nc(N)ncc2[N+](=O)[O-])CC(C)N1C. The maximum absolute atomic E-state index is 11.1. The van der Waals surface area contributed by atoms with Gasteiger partial charge in [-0.05, 0) is 20.9 Å². The molecule has 2 atom stereocenters. The molecule has 0 spiro atoms. The molecule has 1 aromatic rings. The molecule has 2 N–H and O–H groups in total. The fourth-order valence-corrected chi connectivity index (χ4v) is 2.32. The minimum Gasteiger partial charge on any atom is -0.368 e. The third-order valence-corrected chi connectivity index (χ3v) is 3.62. The van der Waals surface area contributed by atoms with E-state index in [4.69, 9.17) is 5.73 Å². The molecule has 0 aromatic carbocycles. The third-order valence-electron chi connectivity index (χ3n) is 3.62. The van der Waals surface area contributed by atoms with E-state index in [1.165, 1.54) is 6.20 Å². The fourth-order valence-electron chi connectivity index (χ4n) is 2.32. The van der Waals surface area contributed by atoms with Crippen LogP contribution in [0.25, 0.3) is 0 Å². The minimum atomic E-state index is -0.470. The topological polar surface area (TPSA) is 101 Å². The summed E-state index contributed by atoms with van der Waals surface area (Å²) in [5.41, 5.74) is 5.45. The predicted molar refractivity (Wildman–Crippen MR) is 72.0 cm³/mol. The highest BCUT2D eigenvalue weighted by atomic mass is 16.6. The minimum absolute atomic E-state index is 0.0554. The maximum atomic E-state index is 11.1. The van der Waals surface area contributed by atoms with Gasteiger partial charge < -0.3 is 10.6 Å². The van der Waals surface area contributed by atoms with E-state index < -0.39 is 4.92 Å². The molecule has 19 heavy (non-hydrogen) atoms. The van der Waals surface area contributed by atoms with Gasteiger partial charge in [-0.3, -0.25) is 15.0 Å². The first-order valence-corrected chi connectivity index (χ1v) is 6.14. The van der Waals surface area contributed by atoms with Crippen LogP contribution in [0.5, 0.6) is 0 Å². The molecule has 2 rings (SSSR count). The van der Waals surface area contributed by atoms with Crippen LogP contribution in [-0.4, -0.2) is 52.0 Å². The maximum Gasteiger partial charge on any atom is 0.329 e. The highest BCUT2D eigenvalue weighted by Gasteiger charge is 2.31. The Morgan fingerprint density at radius 2 is 2.00 bits per heavy atom. The van der Waals surface area contributed by atoms with Crippen LogP contribution >= 0.6 is 0 Å². The van der Waals surface area contributed by atoms with Crippen LogP contribution in [0.2, 0.25) is 0 Å². The Morgan fingerprint density at radius 3 is 2.53 bits per heavy atom. The zero-order chi connectivity index (χ0) is 14.2. The van der Waals surface area contributed by atoms with Crippen molar-refractivity contribution < 1.29 is 4.92 Å². The van der Waals surface area contributed by atoms with Crippen LogP contribution < -0.4 is 10.6 Å². The van der Waals surface area contributed by atoms with Crippen molar-refractivity contribution in [2.24, 2.45) is 0 Å². The van der Waals surface area contributed by atoms with Crippen molar-refractivity contribution in [3.8, 4) is 0 Å². The molecule has 1 aromatic heterocycles. The van der Waals surface area contributed by atoms with Gasteiger partial charge in [0.15, 0.2) is 0 Å². The lowest BCUT2D eigenvalue weighted by Crippen LogP contribution is -2.55. The van der Waals surface area contributed by atoms with Gasteiger partial charge in [0.05, 0.1) is 4.92 Å². The molecular weight excluding hydrogens is 248 g/mol. The number of rotatable bonds is 2. The smallest absolute Gasteiger partial charge is 0.329 e. The predicted octanol–water partition coefficient (Wildman–Crippen LogP) is 0.496. The lowest BCUT2D eigenvalue weighted by Gasteiger charge is -2.42. The van der Waals surface area contributed by atoms with Crippen molar-refractivity contribution in [1.82, 2.24) is 14.9 Å². The highest BCUT2D eigenvalue weighted by Crippen LogP contribution is 2.28. The van der Waals surface area contributed by atoms with Gasteiger partial charge in [0, 0.05) is 25.2 Å². The van der Waals surface area contributed by atoms with E-state index in [0.29, 0.717) is 31.0 Å². The summed E-state index contributed by atoms with van der Waals surface area (Å²) in [6.07, 6.45) is 1.17. The molecule has 2 unspecified atom stereocenters. The summed E-state index contributed by atoms with van der Waals surface area (Å²) in [4.78, 5) is 22.5. The second-order valence-electron chi connectivity index (χ2n) is 4.96. The Hall–Kier alpha value is -1.96. The van der Waals surface area contributed by atoms with Crippen LogP contribution in [0.15, 0.2) is 6.20 Å². The van der Waals surface area contributed by atoms with Crippen LogP contribution in [0.3, 0.4) is 0 Å². The molecule has 1 fully saturated rings. The first-order chi connectivity index (χ1) is 8.90. The van der Waals surface area contributed by atoms with Crippen molar-refractivity contribution in [2.45, 2.75) is 25.9 Å². The molecule has 0 radical (unpaired) electrons. The first kappa shape index (κ1) is 13.5. The molecular formula is C11H18N6O2. The van der Waals surface area contributed by atoms with E-state index in [2.05, 4.69) is 35.8 Å². The Bertz CT molecular complexity index is 482. The summed E-state index contributed by atoms with van der Waals surface area (Å²) >= 11 is 0.